The number of carbonyl (C=O) groups excluding carboxylic acids is 1. The van der Waals surface area contributed by atoms with Crippen molar-refractivity contribution in [1.29, 1.82) is 0 Å². The molecule has 0 saturated carbocycles. The summed E-state index contributed by atoms with van der Waals surface area (Å²) in [5.41, 5.74) is 1.07. The van der Waals surface area contributed by atoms with Gasteiger partial charge in [0.25, 0.3) is 0 Å². The van der Waals surface area contributed by atoms with Crippen molar-refractivity contribution in [1.82, 2.24) is 25.4 Å². The van der Waals surface area contributed by atoms with Crippen molar-refractivity contribution in [2.45, 2.75) is 38.9 Å². The van der Waals surface area contributed by atoms with Gasteiger partial charge in [0.05, 0.1) is 18.2 Å². The molecule has 1 aromatic heterocycles. The molecule has 3 N–H and O–H groups in total. The number of aromatic carboxylic acids is 1. The average Bonchev–Trinajstić information content (AvgIpc) is 2.92. The summed E-state index contributed by atoms with van der Waals surface area (Å²) < 4.78 is 1.84. The maximum absolute atomic E-state index is 12.0. The van der Waals surface area contributed by atoms with E-state index >= 15 is 0 Å². The van der Waals surface area contributed by atoms with Crippen molar-refractivity contribution in [3.8, 4) is 0 Å². The maximum Gasteiger partial charge on any atom is 0.335 e. The largest absolute Gasteiger partial charge is 0.478 e. The van der Waals surface area contributed by atoms with E-state index in [9.17, 15) is 9.59 Å². The molecule has 1 atom stereocenters. The van der Waals surface area contributed by atoms with Crippen LogP contribution in [0, 0.1) is 6.92 Å². The van der Waals surface area contributed by atoms with Gasteiger partial charge in [-0.25, -0.2) is 19.3 Å². The molecule has 1 aliphatic rings. The third-order valence-electron chi connectivity index (χ3n) is 3.95. The fourth-order valence-electron chi connectivity index (χ4n) is 2.74. The number of carboxylic acid groups (broad SMARTS) is 1. The van der Waals surface area contributed by atoms with Crippen LogP contribution in [0.15, 0.2) is 24.3 Å². The van der Waals surface area contributed by atoms with Crippen LogP contribution in [0.4, 0.5) is 4.79 Å². The van der Waals surface area contributed by atoms with E-state index in [0.717, 1.165) is 30.1 Å². The van der Waals surface area contributed by atoms with E-state index in [0.29, 0.717) is 13.1 Å². The number of rotatable bonds is 4. The number of hydrogen-bond acceptors (Lipinski definition) is 4. The van der Waals surface area contributed by atoms with Crippen molar-refractivity contribution < 1.29 is 14.7 Å². The summed E-state index contributed by atoms with van der Waals surface area (Å²) in [6.07, 6.45) is 1.63. The molecule has 2 aromatic rings. The lowest BCUT2D eigenvalue weighted by Crippen LogP contribution is -2.45. The molecular weight excluding hydrogens is 310 g/mol. The second-order valence-electron chi connectivity index (χ2n) is 5.82. The molecule has 8 heteroatoms. The van der Waals surface area contributed by atoms with Gasteiger partial charge in [-0.05, 0) is 31.0 Å². The highest BCUT2D eigenvalue weighted by Crippen LogP contribution is 2.12. The minimum Gasteiger partial charge on any atom is -0.478 e. The van der Waals surface area contributed by atoms with Crippen LogP contribution in [0.2, 0.25) is 0 Å². The molecule has 0 bridgehead atoms. The first-order chi connectivity index (χ1) is 11.5. The number of amides is 2. The third kappa shape index (κ3) is 3.70. The molecular formula is C16H19N5O3. The zero-order chi connectivity index (χ0) is 17.1. The molecule has 0 aliphatic carbocycles. The summed E-state index contributed by atoms with van der Waals surface area (Å²) in [7, 11) is 0. The minimum atomic E-state index is -0.965. The predicted octanol–water partition coefficient (Wildman–Crippen LogP) is 1.10. The van der Waals surface area contributed by atoms with Crippen LogP contribution in [0.25, 0.3) is 0 Å². The Kier molecular flexibility index (Phi) is 4.45. The molecule has 1 unspecified atom stereocenters. The van der Waals surface area contributed by atoms with Crippen molar-refractivity contribution in [2.75, 3.05) is 0 Å². The van der Waals surface area contributed by atoms with Crippen LogP contribution in [-0.2, 0) is 19.5 Å². The van der Waals surface area contributed by atoms with Crippen LogP contribution < -0.4 is 10.6 Å². The Morgan fingerprint density at radius 1 is 1.33 bits per heavy atom. The van der Waals surface area contributed by atoms with E-state index in [2.05, 4.69) is 20.7 Å². The van der Waals surface area contributed by atoms with Crippen LogP contribution >= 0.6 is 0 Å². The number of nitrogens with one attached hydrogen (secondary N) is 2. The minimum absolute atomic E-state index is 0.0213. The molecule has 0 radical (unpaired) electrons. The molecule has 24 heavy (non-hydrogen) atoms. The molecule has 126 valence electrons. The number of nitrogens with zero attached hydrogens (tertiary/aromatic N) is 3. The van der Waals surface area contributed by atoms with E-state index in [-0.39, 0.29) is 17.6 Å². The van der Waals surface area contributed by atoms with Gasteiger partial charge in [-0.3, -0.25) is 0 Å². The molecule has 0 fully saturated rings. The van der Waals surface area contributed by atoms with Gasteiger partial charge in [-0.1, -0.05) is 12.1 Å². The highest BCUT2D eigenvalue weighted by Gasteiger charge is 2.22. The van der Waals surface area contributed by atoms with Gasteiger partial charge in [-0.15, -0.1) is 0 Å². The predicted molar refractivity (Wildman–Crippen MR) is 85.6 cm³/mol. The van der Waals surface area contributed by atoms with E-state index < -0.39 is 5.97 Å². The zero-order valence-corrected chi connectivity index (χ0v) is 13.3. The van der Waals surface area contributed by atoms with Crippen LogP contribution in [0.3, 0.4) is 0 Å². The van der Waals surface area contributed by atoms with Gasteiger partial charge in [-0.2, -0.15) is 5.10 Å². The highest BCUT2D eigenvalue weighted by atomic mass is 16.4. The number of urea groups is 1. The lowest BCUT2D eigenvalue weighted by Gasteiger charge is -2.23. The average molecular weight is 329 g/mol. The van der Waals surface area contributed by atoms with Crippen molar-refractivity contribution in [2.24, 2.45) is 0 Å². The summed E-state index contributed by atoms with van der Waals surface area (Å²) in [4.78, 5) is 27.2. The fourth-order valence-corrected chi connectivity index (χ4v) is 2.74. The number of fused-ring (bicyclic) bond motifs is 1. The maximum atomic E-state index is 12.0. The van der Waals surface area contributed by atoms with Gasteiger partial charge in [0.15, 0.2) is 0 Å². The Bertz CT molecular complexity index is 754. The zero-order valence-electron chi connectivity index (χ0n) is 13.3. The van der Waals surface area contributed by atoms with Crippen LogP contribution in [-0.4, -0.2) is 37.9 Å². The molecule has 1 aliphatic heterocycles. The van der Waals surface area contributed by atoms with Crippen molar-refractivity contribution in [3.05, 3.63) is 47.0 Å². The summed E-state index contributed by atoms with van der Waals surface area (Å²) in [5.74, 6) is 0.747. The molecule has 8 nitrogen and oxygen atoms in total. The summed E-state index contributed by atoms with van der Waals surface area (Å²) in [6.45, 7) is 2.82. The summed E-state index contributed by atoms with van der Waals surface area (Å²) in [5, 5.41) is 18.9. The highest BCUT2D eigenvalue weighted by molar-refractivity contribution is 5.87. The van der Waals surface area contributed by atoms with Gasteiger partial charge in [0.1, 0.15) is 11.6 Å². The van der Waals surface area contributed by atoms with E-state index in [1.54, 1.807) is 12.1 Å². The number of carboxylic acids is 1. The first kappa shape index (κ1) is 16.0. The van der Waals surface area contributed by atoms with E-state index in [1.807, 2.05) is 11.6 Å². The first-order valence-electron chi connectivity index (χ1n) is 7.78. The number of benzene rings is 1. The third-order valence-corrected chi connectivity index (χ3v) is 3.95. The summed E-state index contributed by atoms with van der Waals surface area (Å²) in [6, 6.07) is 6.19. The van der Waals surface area contributed by atoms with E-state index in [1.165, 1.54) is 12.1 Å². The molecule has 3 rings (SSSR count). The topological polar surface area (TPSA) is 109 Å². The second-order valence-corrected chi connectivity index (χ2v) is 5.82. The van der Waals surface area contributed by atoms with Crippen LogP contribution in [0.5, 0.6) is 0 Å². The number of hydrogen-bond donors (Lipinski definition) is 3. The number of aryl methyl sites for hydroxylation is 2. The van der Waals surface area contributed by atoms with Gasteiger partial charge >= 0.3 is 12.0 Å². The Morgan fingerprint density at radius 3 is 2.79 bits per heavy atom. The van der Waals surface area contributed by atoms with Gasteiger partial charge < -0.3 is 15.7 Å². The first-order valence-corrected chi connectivity index (χ1v) is 7.78. The molecule has 2 heterocycles. The Labute approximate surface area is 138 Å². The monoisotopic (exact) mass is 329 g/mol. The fraction of sp³-hybridized carbons (Fsp3) is 0.375. The Hall–Kier alpha value is -2.90. The Balaban J connectivity index is 1.48. The van der Waals surface area contributed by atoms with E-state index in [4.69, 9.17) is 5.11 Å². The molecule has 1 aromatic carbocycles. The summed E-state index contributed by atoms with van der Waals surface area (Å²) >= 11 is 0. The molecule has 0 saturated heterocycles. The molecule has 2 amide bonds. The SMILES string of the molecule is Cc1nc2n(n1)CC(NC(=O)NCc1ccc(C(=O)O)cc1)CC2. The Morgan fingerprint density at radius 2 is 2.08 bits per heavy atom. The lowest BCUT2D eigenvalue weighted by atomic mass is 10.1. The van der Waals surface area contributed by atoms with Gasteiger partial charge in [0.2, 0.25) is 0 Å². The van der Waals surface area contributed by atoms with Crippen molar-refractivity contribution >= 4 is 12.0 Å². The lowest BCUT2D eigenvalue weighted by molar-refractivity contribution is 0.0697. The number of aromatic nitrogens is 3. The second kappa shape index (κ2) is 6.69. The smallest absolute Gasteiger partial charge is 0.335 e. The van der Waals surface area contributed by atoms with Crippen LogP contribution in [0.1, 0.15) is 34.0 Å². The molecule has 0 spiro atoms. The van der Waals surface area contributed by atoms with Gasteiger partial charge in [0, 0.05) is 13.0 Å². The number of carbonyl (C=O) groups is 2. The van der Waals surface area contributed by atoms with Crippen molar-refractivity contribution in [3.63, 3.8) is 0 Å². The quantitative estimate of drug-likeness (QED) is 0.778. The normalized spacial score (nSPS) is 16.3. The standard InChI is InChI=1S/C16H19N5O3/c1-10-18-14-7-6-13(9-21(14)20-10)19-16(24)17-8-11-2-4-12(5-3-11)15(22)23/h2-5,13H,6-9H2,1H3,(H,22,23)(H2,17,19,24).